The molecule has 0 saturated carbocycles. The number of nitrogens with one attached hydrogen (secondary N) is 2. The van der Waals surface area contributed by atoms with Gasteiger partial charge in [-0.3, -0.25) is 4.79 Å². The highest BCUT2D eigenvalue weighted by Crippen LogP contribution is 2.25. The van der Waals surface area contributed by atoms with Crippen LogP contribution in [0.1, 0.15) is 41.8 Å². The molecule has 39 heavy (non-hydrogen) atoms. The highest BCUT2D eigenvalue weighted by Gasteiger charge is 2.34. The van der Waals surface area contributed by atoms with E-state index in [2.05, 4.69) is 27.7 Å². The second kappa shape index (κ2) is 12.6. The second-order valence-electron chi connectivity index (χ2n) is 10.7. The van der Waals surface area contributed by atoms with E-state index in [1.165, 1.54) is 24.3 Å². The molecule has 4 rings (SSSR count). The molecular formula is C29H39FN4O4S. The van der Waals surface area contributed by atoms with E-state index >= 15 is 0 Å². The van der Waals surface area contributed by atoms with Gasteiger partial charge < -0.3 is 19.5 Å². The molecule has 0 unspecified atom stereocenters. The van der Waals surface area contributed by atoms with Gasteiger partial charge in [-0.25, -0.2) is 17.5 Å². The molecule has 1 fully saturated rings. The lowest BCUT2D eigenvalue weighted by atomic mass is 10.0. The molecule has 212 valence electrons. The van der Waals surface area contributed by atoms with Crippen molar-refractivity contribution in [2.75, 3.05) is 33.4 Å². The Kier molecular flexibility index (Phi) is 9.43. The molecule has 10 heteroatoms. The number of sulfonamides is 1. The molecule has 3 aromatic rings. The number of aryl methyl sites for hydroxylation is 2. The van der Waals surface area contributed by atoms with Crippen LogP contribution in [0.15, 0.2) is 48.7 Å². The normalized spacial score (nSPS) is 17.8. The largest absolute Gasteiger partial charge is 0.385 e. The maximum atomic E-state index is 13.8. The van der Waals surface area contributed by atoms with Crippen molar-refractivity contribution >= 4 is 26.8 Å². The van der Waals surface area contributed by atoms with Crippen molar-refractivity contribution in [1.29, 1.82) is 0 Å². The molecule has 0 spiro atoms. The Morgan fingerprint density at radius 3 is 2.64 bits per heavy atom. The van der Waals surface area contributed by atoms with Gasteiger partial charge in [0.25, 0.3) is 5.91 Å². The van der Waals surface area contributed by atoms with Crippen LogP contribution in [0, 0.1) is 18.7 Å². The molecular weight excluding hydrogens is 519 g/mol. The number of methoxy groups -OCH3 is 1. The van der Waals surface area contributed by atoms with Crippen molar-refractivity contribution < 1.29 is 22.3 Å². The first-order chi connectivity index (χ1) is 18.6. The number of ether oxygens (including phenoxy) is 1. The van der Waals surface area contributed by atoms with E-state index in [1.54, 1.807) is 7.11 Å². The Hall–Kier alpha value is -2.79. The smallest absolute Gasteiger partial charge is 0.254 e. The number of carbonyl (C=O) groups is 1. The van der Waals surface area contributed by atoms with Gasteiger partial charge in [0.1, 0.15) is 5.82 Å². The summed E-state index contributed by atoms with van der Waals surface area (Å²) >= 11 is 0. The minimum atomic E-state index is -3.66. The van der Waals surface area contributed by atoms with Crippen LogP contribution in [0.4, 0.5) is 4.39 Å². The SMILES string of the molecule is COCCCn1cc(C)c2ccc(C(=O)N(C[C@@H]3CNC[C@@H]3NS(=O)(=O)Cc3ccc(F)cc3)C(C)C)cc21. The summed E-state index contributed by atoms with van der Waals surface area (Å²) in [7, 11) is -1.96. The number of carbonyl (C=O) groups excluding carboxylic acids is 1. The molecule has 1 aromatic heterocycles. The quantitative estimate of drug-likeness (QED) is 0.331. The standard InChI is InChI=1S/C29H39FN4O4S/c1-20(2)34(29(35)23-8-11-26-21(3)17-33(28(26)14-23)12-5-13-38-4)18-24-15-31-16-27(24)32-39(36,37)19-22-6-9-25(30)10-7-22/h6-11,14,17,20,24,27,31-32H,5,12-13,15-16,18-19H2,1-4H3/t24-,27-/m0/s1. The predicted molar refractivity (Wildman–Crippen MR) is 152 cm³/mol. The van der Waals surface area contributed by atoms with Crippen LogP contribution in [-0.2, 0) is 27.1 Å². The number of aromatic nitrogens is 1. The summed E-state index contributed by atoms with van der Waals surface area (Å²) in [4.78, 5) is 15.6. The van der Waals surface area contributed by atoms with Crippen LogP contribution in [0.3, 0.4) is 0 Å². The summed E-state index contributed by atoms with van der Waals surface area (Å²) in [6, 6.07) is 10.9. The summed E-state index contributed by atoms with van der Waals surface area (Å²) < 4.78 is 49.2. The van der Waals surface area contributed by atoms with Crippen molar-refractivity contribution in [1.82, 2.24) is 19.5 Å². The van der Waals surface area contributed by atoms with E-state index in [-0.39, 0.29) is 29.7 Å². The molecule has 0 bridgehead atoms. The number of benzene rings is 2. The molecule has 1 amide bonds. The first-order valence-electron chi connectivity index (χ1n) is 13.4. The van der Waals surface area contributed by atoms with E-state index in [0.29, 0.717) is 37.4 Å². The van der Waals surface area contributed by atoms with E-state index < -0.39 is 15.8 Å². The van der Waals surface area contributed by atoms with Crippen LogP contribution in [0.5, 0.6) is 0 Å². The monoisotopic (exact) mass is 558 g/mol. The van der Waals surface area contributed by atoms with Crippen molar-refractivity contribution in [2.24, 2.45) is 5.92 Å². The third kappa shape index (κ3) is 7.25. The van der Waals surface area contributed by atoms with Crippen LogP contribution in [0.25, 0.3) is 10.9 Å². The number of halogens is 1. The Morgan fingerprint density at radius 2 is 1.95 bits per heavy atom. The Labute approximate surface area is 230 Å². The lowest BCUT2D eigenvalue weighted by molar-refractivity contribution is 0.0671. The van der Waals surface area contributed by atoms with Crippen molar-refractivity contribution in [3.8, 4) is 0 Å². The fourth-order valence-electron chi connectivity index (χ4n) is 5.25. The number of fused-ring (bicyclic) bond motifs is 1. The van der Waals surface area contributed by atoms with E-state index in [0.717, 1.165) is 29.4 Å². The predicted octanol–water partition coefficient (Wildman–Crippen LogP) is 3.68. The fraction of sp³-hybridized carbons (Fsp3) is 0.483. The fourth-order valence-corrected chi connectivity index (χ4v) is 6.71. The van der Waals surface area contributed by atoms with Gasteiger partial charge in [0.2, 0.25) is 10.0 Å². The molecule has 0 radical (unpaired) electrons. The average Bonchev–Trinajstić information content (AvgIpc) is 3.45. The minimum absolute atomic E-state index is 0.0690. The molecule has 2 aromatic carbocycles. The van der Waals surface area contributed by atoms with Crippen LogP contribution >= 0.6 is 0 Å². The number of amides is 1. The second-order valence-corrected chi connectivity index (χ2v) is 12.4. The lowest BCUT2D eigenvalue weighted by Crippen LogP contribution is -2.47. The van der Waals surface area contributed by atoms with Crippen LogP contribution in [0.2, 0.25) is 0 Å². The molecule has 2 heterocycles. The highest BCUT2D eigenvalue weighted by atomic mass is 32.2. The topological polar surface area (TPSA) is 92.7 Å². The first-order valence-corrected chi connectivity index (χ1v) is 15.1. The lowest BCUT2D eigenvalue weighted by Gasteiger charge is -2.31. The van der Waals surface area contributed by atoms with Gasteiger partial charge in [0.05, 0.1) is 5.75 Å². The summed E-state index contributed by atoms with van der Waals surface area (Å²) in [5, 5.41) is 4.39. The Bertz CT molecular complexity index is 1390. The van der Waals surface area contributed by atoms with Gasteiger partial charge in [0.15, 0.2) is 0 Å². The van der Waals surface area contributed by atoms with Gasteiger partial charge in [-0.05, 0) is 62.6 Å². The summed E-state index contributed by atoms with van der Waals surface area (Å²) in [6.07, 6.45) is 2.99. The van der Waals surface area contributed by atoms with Gasteiger partial charge in [-0.2, -0.15) is 0 Å². The van der Waals surface area contributed by atoms with Gasteiger partial charge in [0, 0.05) is 80.6 Å². The summed E-state index contributed by atoms with van der Waals surface area (Å²) in [6.45, 7) is 8.99. The van der Waals surface area contributed by atoms with Gasteiger partial charge in [-0.1, -0.05) is 18.2 Å². The van der Waals surface area contributed by atoms with Gasteiger partial charge in [-0.15, -0.1) is 0 Å². The maximum Gasteiger partial charge on any atom is 0.254 e. The Balaban J connectivity index is 1.49. The van der Waals surface area contributed by atoms with Crippen molar-refractivity contribution in [3.63, 3.8) is 0 Å². The zero-order chi connectivity index (χ0) is 28.2. The van der Waals surface area contributed by atoms with Crippen LogP contribution < -0.4 is 10.0 Å². The van der Waals surface area contributed by atoms with Crippen LogP contribution in [-0.4, -0.2) is 69.2 Å². The maximum absolute atomic E-state index is 13.8. The zero-order valence-corrected chi connectivity index (χ0v) is 23.9. The first kappa shape index (κ1) is 29.2. The number of hydrogen-bond acceptors (Lipinski definition) is 5. The highest BCUT2D eigenvalue weighted by molar-refractivity contribution is 7.88. The number of nitrogens with zero attached hydrogens (tertiary/aromatic N) is 2. The number of hydrogen-bond donors (Lipinski definition) is 2. The average molecular weight is 559 g/mol. The van der Waals surface area contributed by atoms with Gasteiger partial charge >= 0.3 is 0 Å². The Morgan fingerprint density at radius 1 is 1.21 bits per heavy atom. The van der Waals surface area contributed by atoms with Crippen molar-refractivity contribution in [2.45, 2.75) is 51.6 Å². The molecule has 2 N–H and O–H groups in total. The molecule has 1 saturated heterocycles. The third-order valence-corrected chi connectivity index (χ3v) is 8.71. The molecule has 2 atom stereocenters. The summed E-state index contributed by atoms with van der Waals surface area (Å²) in [5.74, 6) is -0.805. The number of rotatable bonds is 12. The molecule has 8 nitrogen and oxygen atoms in total. The third-order valence-electron chi connectivity index (χ3n) is 7.33. The molecule has 1 aliphatic heterocycles. The van der Waals surface area contributed by atoms with E-state index in [4.69, 9.17) is 4.74 Å². The van der Waals surface area contributed by atoms with E-state index in [1.807, 2.05) is 36.9 Å². The van der Waals surface area contributed by atoms with E-state index in [9.17, 15) is 17.6 Å². The summed E-state index contributed by atoms with van der Waals surface area (Å²) in [5.41, 5.74) is 3.31. The minimum Gasteiger partial charge on any atom is -0.385 e. The zero-order valence-electron chi connectivity index (χ0n) is 23.1. The van der Waals surface area contributed by atoms with Crippen molar-refractivity contribution in [3.05, 3.63) is 71.2 Å². The molecule has 0 aliphatic carbocycles. The molecule has 1 aliphatic rings.